The number of hydrogen-bond acceptors (Lipinski definition) is 2. The smallest absolute Gasteiger partial charge is 0.161 e. The van der Waals surface area contributed by atoms with Gasteiger partial charge < -0.3 is 5.11 Å². The molecule has 122 valence electrons. The monoisotopic (exact) mass is 302 g/mol. The van der Waals surface area contributed by atoms with Gasteiger partial charge in [0.05, 0.1) is 0 Å². The SMILES string of the molecule is C[C@@H]1C=CC(=O)[C@@]2(C)CC[C@@H]3[C@@H]4[C@@](C)(CC[C@@]4(C)CO)C[C@@]132. The van der Waals surface area contributed by atoms with Crippen molar-refractivity contribution in [3.63, 3.8) is 0 Å². The first-order chi connectivity index (χ1) is 10.2. The van der Waals surface area contributed by atoms with Crippen molar-refractivity contribution in [2.24, 2.45) is 39.4 Å². The van der Waals surface area contributed by atoms with Gasteiger partial charge in [0.15, 0.2) is 5.78 Å². The summed E-state index contributed by atoms with van der Waals surface area (Å²) in [6, 6.07) is 0. The van der Waals surface area contributed by atoms with E-state index in [1.807, 2.05) is 6.08 Å². The normalized spacial score (nSPS) is 59.5. The Bertz CT molecular complexity index is 566. The van der Waals surface area contributed by atoms with E-state index in [1.54, 1.807) is 0 Å². The van der Waals surface area contributed by atoms with Crippen LogP contribution in [0, 0.1) is 39.4 Å². The summed E-state index contributed by atoms with van der Waals surface area (Å²) >= 11 is 0. The Hall–Kier alpha value is -0.630. The van der Waals surface area contributed by atoms with Gasteiger partial charge in [0, 0.05) is 12.0 Å². The van der Waals surface area contributed by atoms with E-state index in [1.165, 1.54) is 19.3 Å². The molecule has 4 aliphatic carbocycles. The van der Waals surface area contributed by atoms with E-state index in [-0.39, 0.29) is 16.2 Å². The van der Waals surface area contributed by atoms with E-state index in [0.29, 0.717) is 35.6 Å². The van der Waals surface area contributed by atoms with Crippen molar-refractivity contribution in [2.45, 2.75) is 59.8 Å². The lowest BCUT2D eigenvalue weighted by Crippen LogP contribution is -2.50. The molecule has 0 radical (unpaired) electrons. The zero-order valence-corrected chi connectivity index (χ0v) is 14.5. The van der Waals surface area contributed by atoms with E-state index >= 15 is 0 Å². The quantitative estimate of drug-likeness (QED) is 0.795. The van der Waals surface area contributed by atoms with Crippen LogP contribution in [0.1, 0.15) is 59.8 Å². The third kappa shape index (κ3) is 1.36. The Labute approximate surface area is 134 Å². The van der Waals surface area contributed by atoms with Crippen molar-refractivity contribution >= 4 is 5.78 Å². The fourth-order valence-corrected chi connectivity index (χ4v) is 7.81. The van der Waals surface area contributed by atoms with Gasteiger partial charge in [-0.3, -0.25) is 4.79 Å². The minimum atomic E-state index is -0.171. The summed E-state index contributed by atoms with van der Waals surface area (Å²) in [5.74, 6) is 2.02. The largest absolute Gasteiger partial charge is 0.396 e. The van der Waals surface area contributed by atoms with Gasteiger partial charge in [-0.2, -0.15) is 0 Å². The van der Waals surface area contributed by atoms with E-state index in [2.05, 4.69) is 33.8 Å². The van der Waals surface area contributed by atoms with Crippen molar-refractivity contribution in [1.82, 2.24) is 0 Å². The summed E-state index contributed by atoms with van der Waals surface area (Å²) in [6.07, 6.45) is 9.80. The van der Waals surface area contributed by atoms with Gasteiger partial charge in [-0.05, 0) is 72.2 Å². The van der Waals surface area contributed by atoms with Crippen LogP contribution < -0.4 is 0 Å². The molecule has 2 nitrogen and oxygen atoms in total. The minimum Gasteiger partial charge on any atom is -0.396 e. The number of aliphatic hydroxyl groups is 1. The number of aliphatic hydroxyl groups excluding tert-OH is 1. The average Bonchev–Trinajstić information content (AvgIpc) is 3.01. The minimum absolute atomic E-state index is 0.0537. The van der Waals surface area contributed by atoms with Crippen molar-refractivity contribution in [1.29, 1.82) is 0 Å². The summed E-state index contributed by atoms with van der Waals surface area (Å²) in [5, 5.41) is 10.1. The first-order valence-electron chi connectivity index (χ1n) is 9.07. The highest BCUT2D eigenvalue weighted by Crippen LogP contribution is 2.79. The second-order valence-electron chi connectivity index (χ2n) is 9.65. The molecular formula is C20H30O2. The summed E-state index contributed by atoms with van der Waals surface area (Å²) in [6.45, 7) is 9.62. The molecule has 0 bridgehead atoms. The van der Waals surface area contributed by atoms with Gasteiger partial charge in [-0.25, -0.2) is 0 Å². The van der Waals surface area contributed by atoms with Crippen LogP contribution in [0.15, 0.2) is 12.2 Å². The van der Waals surface area contributed by atoms with E-state index < -0.39 is 0 Å². The van der Waals surface area contributed by atoms with Gasteiger partial charge in [0.2, 0.25) is 0 Å². The third-order valence-electron chi connectivity index (χ3n) is 8.77. The van der Waals surface area contributed by atoms with Crippen LogP contribution in [0.25, 0.3) is 0 Å². The zero-order chi connectivity index (χ0) is 16.0. The van der Waals surface area contributed by atoms with Crippen molar-refractivity contribution in [3.05, 3.63) is 12.2 Å². The molecule has 0 aromatic carbocycles. The number of rotatable bonds is 1. The molecule has 2 heteroatoms. The highest BCUT2D eigenvalue weighted by molar-refractivity contribution is 5.96. The third-order valence-corrected chi connectivity index (χ3v) is 8.77. The molecular weight excluding hydrogens is 272 g/mol. The van der Waals surface area contributed by atoms with Crippen LogP contribution in [0.4, 0.5) is 0 Å². The standard InChI is InChI=1S/C20H30O2/c1-13-5-6-15(22)19(4)8-7-14-16-17(2,11-20(13,14)19)9-10-18(16,3)12-21/h5-6,13-14,16,21H,7-12H2,1-4H3/t13-,14-,16-,17+,18+,19-,20-/m1/s1. The van der Waals surface area contributed by atoms with Gasteiger partial charge in [0.1, 0.15) is 0 Å². The number of carbonyl (C=O) groups excluding carboxylic acids is 1. The van der Waals surface area contributed by atoms with Gasteiger partial charge in [-0.1, -0.05) is 33.8 Å². The Balaban J connectivity index is 1.89. The Morgan fingerprint density at radius 3 is 2.64 bits per heavy atom. The summed E-state index contributed by atoms with van der Waals surface area (Å²) in [7, 11) is 0. The summed E-state index contributed by atoms with van der Waals surface area (Å²) in [5.41, 5.74) is 0.326. The second-order valence-corrected chi connectivity index (χ2v) is 9.65. The number of ketones is 1. The molecule has 3 saturated carbocycles. The molecule has 1 spiro atoms. The first kappa shape index (κ1) is 14.9. The van der Waals surface area contributed by atoms with Crippen LogP contribution >= 0.6 is 0 Å². The van der Waals surface area contributed by atoms with E-state index in [0.717, 1.165) is 12.8 Å². The number of hydrogen-bond donors (Lipinski definition) is 1. The fraction of sp³-hybridized carbons (Fsp3) is 0.850. The van der Waals surface area contributed by atoms with Crippen LogP contribution in [-0.2, 0) is 4.79 Å². The second kappa shape index (κ2) is 4.06. The van der Waals surface area contributed by atoms with Gasteiger partial charge >= 0.3 is 0 Å². The lowest BCUT2D eigenvalue weighted by Gasteiger charge is -2.50. The molecule has 0 aliphatic heterocycles. The highest BCUT2D eigenvalue weighted by Gasteiger charge is 2.75. The van der Waals surface area contributed by atoms with Gasteiger partial charge in [0.25, 0.3) is 0 Å². The topological polar surface area (TPSA) is 37.3 Å². The molecule has 0 aromatic heterocycles. The zero-order valence-electron chi connectivity index (χ0n) is 14.5. The predicted molar refractivity (Wildman–Crippen MR) is 87.2 cm³/mol. The molecule has 0 heterocycles. The average molecular weight is 302 g/mol. The highest BCUT2D eigenvalue weighted by atomic mass is 16.3. The molecule has 4 aliphatic rings. The van der Waals surface area contributed by atoms with E-state index in [4.69, 9.17) is 0 Å². The van der Waals surface area contributed by atoms with Crippen molar-refractivity contribution in [2.75, 3.05) is 6.61 Å². The maximum atomic E-state index is 12.8. The lowest BCUT2D eigenvalue weighted by atomic mass is 9.52. The molecule has 22 heavy (non-hydrogen) atoms. The number of allylic oxidation sites excluding steroid dienone is 2. The molecule has 0 amide bonds. The predicted octanol–water partition coefficient (Wildman–Crippen LogP) is 3.98. The molecule has 0 unspecified atom stereocenters. The maximum Gasteiger partial charge on any atom is 0.161 e. The summed E-state index contributed by atoms with van der Waals surface area (Å²) < 4.78 is 0. The maximum absolute atomic E-state index is 12.8. The number of fused-ring (bicyclic) bond motifs is 2. The molecule has 4 rings (SSSR count). The Morgan fingerprint density at radius 1 is 1.23 bits per heavy atom. The van der Waals surface area contributed by atoms with Crippen LogP contribution in [0.5, 0.6) is 0 Å². The molecule has 7 atom stereocenters. The Kier molecular flexibility index (Phi) is 2.76. The molecule has 1 N–H and O–H groups in total. The fourth-order valence-electron chi connectivity index (χ4n) is 7.81. The Morgan fingerprint density at radius 2 is 1.95 bits per heavy atom. The van der Waals surface area contributed by atoms with Crippen LogP contribution in [0.2, 0.25) is 0 Å². The van der Waals surface area contributed by atoms with E-state index in [9.17, 15) is 9.90 Å². The lowest BCUT2D eigenvalue weighted by molar-refractivity contribution is -0.134. The number of carbonyl (C=O) groups is 1. The van der Waals surface area contributed by atoms with Crippen molar-refractivity contribution < 1.29 is 9.90 Å². The molecule has 0 saturated heterocycles. The molecule has 0 aromatic rings. The van der Waals surface area contributed by atoms with Gasteiger partial charge in [-0.15, -0.1) is 0 Å². The first-order valence-corrected chi connectivity index (χ1v) is 9.07. The van der Waals surface area contributed by atoms with Crippen molar-refractivity contribution in [3.8, 4) is 0 Å². The molecule has 3 fully saturated rings. The van der Waals surface area contributed by atoms with Crippen LogP contribution in [-0.4, -0.2) is 17.5 Å². The van der Waals surface area contributed by atoms with Crippen LogP contribution in [0.3, 0.4) is 0 Å². The summed E-state index contributed by atoms with van der Waals surface area (Å²) in [4.78, 5) is 12.8.